The lowest BCUT2D eigenvalue weighted by Crippen LogP contribution is -2.41. The predicted molar refractivity (Wildman–Crippen MR) is 104 cm³/mol. The lowest BCUT2D eigenvalue weighted by Gasteiger charge is -2.09. The number of rotatable bonds is 4. The van der Waals surface area contributed by atoms with E-state index in [9.17, 15) is 14.0 Å². The third-order valence-corrected chi connectivity index (χ3v) is 4.78. The van der Waals surface area contributed by atoms with Gasteiger partial charge in [0.1, 0.15) is 5.82 Å². The average molecular weight is 401 g/mol. The molecule has 0 atom stereocenters. The van der Waals surface area contributed by atoms with Crippen LogP contribution < -0.4 is 10.9 Å². The number of benzene rings is 2. The van der Waals surface area contributed by atoms with Gasteiger partial charge in [-0.2, -0.15) is 5.10 Å². The number of hydrogen-bond acceptors (Lipinski definition) is 3. The summed E-state index contributed by atoms with van der Waals surface area (Å²) in [4.78, 5) is 24.1. The standard InChI is InChI=1S/C20H18ClFN4O2/c1-12-18(21)13(2)26(25-12)11-14-3-5-15(6-4-14)19(27)23-24-20(28)16-7-9-17(22)10-8-16/h3-10H,11H2,1-2H3,(H,23,27)(H,24,28). The van der Waals surface area contributed by atoms with Crippen molar-refractivity contribution < 1.29 is 14.0 Å². The van der Waals surface area contributed by atoms with E-state index in [4.69, 9.17) is 11.6 Å². The zero-order valence-electron chi connectivity index (χ0n) is 15.3. The molecule has 1 heterocycles. The molecule has 0 aliphatic heterocycles. The summed E-state index contributed by atoms with van der Waals surface area (Å²) in [5.74, 6) is -1.44. The lowest BCUT2D eigenvalue weighted by atomic mass is 10.1. The molecule has 0 aliphatic carbocycles. The van der Waals surface area contributed by atoms with Crippen molar-refractivity contribution in [3.63, 3.8) is 0 Å². The molecule has 0 aliphatic rings. The largest absolute Gasteiger partial charge is 0.269 e. The van der Waals surface area contributed by atoms with Crippen molar-refractivity contribution in [2.75, 3.05) is 0 Å². The van der Waals surface area contributed by atoms with E-state index < -0.39 is 17.6 Å². The number of aryl methyl sites for hydroxylation is 1. The van der Waals surface area contributed by atoms with Crippen LogP contribution in [0.5, 0.6) is 0 Å². The minimum absolute atomic E-state index is 0.237. The molecule has 0 fully saturated rings. The summed E-state index contributed by atoms with van der Waals surface area (Å²) < 4.78 is 14.7. The first-order valence-electron chi connectivity index (χ1n) is 8.50. The Morgan fingerprint density at radius 1 is 0.964 bits per heavy atom. The van der Waals surface area contributed by atoms with Crippen LogP contribution >= 0.6 is 11.6 Å². The third kappa shape index (κ3) is 4.37. The minimum atomic E-state index is -0.536. The Morgan fingerprint density at radius 2 is 1.46 bits per heavy atom. The zero-order valence-corrected chi connectivity index (χ0v) is 16.0. The molecule has 8 heteroatoms. The van der Waals surface area contributed by atoms with Crippen molar-refractivity contribution in [1.29, 1.82) is 0 Å². The molecule has 0 spiro atoms. The first-order chi connectivity index (χ1) is 13.3. The molecule has 6 nitrogen and oxygen atoms in total. The predicted octanol–water partition coefficient (Wildman–Crippen LogP) is 3.42. The van der Waals surface area contributed by atoms with E-state index in [2.05, 4.69) is 16.0 Å². The van der Waals surface area contributed by atoms with Gasteiger partial charge in [0.05, 0.1) is 23.0 Å². The molecule has 2 aromatic carbocycles. The monoisotopic (exact) mass is 400 g/mol. The molecule has 0 radical (unpaired) electrons. The van der Waals surface area contributed by atoms with Gasteiger partial charge in [0.2, 0.25) is 0 Å². The Morgan fingerprint density at radius 3 is 1.93 bits per heavy atom. The van der Waals surface area contributed by atoms with Crippen molar-refractivity contribution in [1.82, 2.24) is 20.6 Å². The lowest BCUT2D eigenvalue weighted by molar-refractivity contribution is 0.0846. The number of carbonyl (C=O) groups excluding carboxylic acids is 2. The van der Waals surface area contributed by atoms with Crippen LogP contribution in [0.15, 0.2) is 48.5 Å². The highest BCUT2D eigenvalue weighted by molar-refractivity contribution is 6.31. The minimum Gasteiger partial charge on any atom is -0.267 e. The Balaban J connectivity index is 1.59. The van der Waals surface area contributed by atoms with Crippen molar-refractivity contribution >= 4 is 23.4 Å². The quantitative estimate of drug-likeness (QED) is 0.659. The number of carbonyl (C=O) groups is 2. The maximum atomic E-state index is 12.9. The van der Waals surface area contributed by atoms with E-state index in [1.165, 1.54) is 24.3 Å². The van der Waals surface area contributed by atoms with E-state index in [1.54, 1.807) is 28.9 Å². The molecular formula is C20H18ClFN4O2. The molecule has 0 bridgehead atoms. The van der Waals surface area contributed by atoms with E-state index >= 15 is 0 Å². The number of amides is 2. The van der Waals surface area contributed by atoms with E-state index in [0.29, 0.717) is 17.1 Å². The number of hydrazine groups is 1. The summed E-state index contributed by atoms with van der Waals surface area (Å²) in [7, 11) is 0. The van der Waals surface area contributed by atoms with Gasteiger partial charge in [-0.3, -0.25) is 25.1 Å². The summed E-state index contributed by atoms with van der Waals surface area (Å²) in [6.07, 6.45) is 0. The Hall–Kier alpha value is -3.19. The summed E-state index contributed by atoms with van der Waals surface area (Å²) in [5, 5.41) is 5.03. The fourth-order valence-electron chi connectivity index (χ4n) is 2.62. The first-order valence-corrected chi connectivity index (χ1v) is 8.87. The van der Waals surface area contributed by atoms with Gasteiger partial charge >= 0.3 is 0 Å². The van der Waals surface area contributed by atoms with E-state index in [-0.39, 0.29) is 5.56 Å². The number of aromatic nitrogens is 2. The van der Waals surface area contributed by atoms with Crippen LogP contribution in [0.1, 0.15) is 37.7 Å². The Bertz CT molecular complexity index is 1010. The molecular weight excluding hydrogens is 383 g/mol. The fraction of sp³-hybridized carbons (Fsp3) is 0.150. The summed E-state index contributed by atoms with van der Waals surface area (Å²) in [5.41, 5.74) is 7.85. The van der Waals surface area contributed by atoms with Gasteiger partial charge in [0, 0.05) is 11.1 Å². The van der Waals surface area contributed by atoms with Crippen LogP contribution in [-0.2, 0) is 6.54 Å². The highest BCUT2D eigenvalue weighted by Gasteiger charge is 2.11. The average Bonchev–Trinajstić information content (AvgIpc) is 2.93. The van der Waals surface area contributed by atoms with Crippen LogP contribution in [0.2, 0.25) is 5.02 Å². The van der Waals surface area contributed by atoms with Crippen molar-refractivity contribution in [2.45, 2.75) is 20.4 Å². The molecule has 3 rings (SSSR count). The van der Waals surface area contributed by atoms with Gasteiger partial charge in [0.15, 0.2) is 0 Å². The number of nitrogens with zero attached hydrogens (tertiary/aromatic N) is 2. The highest BCUT2D eigenvalue weighted by atomic mass is 35.5. The van der Waals surface area contributed by atoms with Gasteiger partial charge < -0.3 is 0 Å². The molecule has 144 valence electrons. The van der Waals surface area contributed by atoms with Crippen molar-refractivity contribution in [3.05, 3.63) is 87.4 Å². The second-order valence-corrected chi connectivity index (χ2v) is 6.63. The maximum absolute atomic E-state index is 12.9. The normalized spacial score (nSPS) is 10.6. The summed E-state index contributed by atoms with van der Waals surface area (Å²) >= 11 is 6.15. The van der Waals surface area contributed by atoms with Crippen LogP contribution in [-0.4, -0.2) is 21.6 Å². The van der Waals surface area contributed by atoms with E-state index in [0.717, 1.165) is 17.0 Å². The van der Waals surface area contributed by atoms with Crippen molar-refractivity contribution in [3.8, 4) is 0 Å². The van der Waals surface area contributed by atoms with Gasteiger partial charge in [-0.25, -0.2) is 4.39 Å². The molecule has 0 saturated carbocycles. The summed E-state index contributed by atoms with van der Waals surface area (Å²) in [6.45, 7) is 4.27. The SMILES string of the molecule is Cc1nn(Cc2ccc(C(=O)NNC(=O)c3ccc(F)cc3)cc2)c(C)c1Cl. The highest BCUT2D eigenvalue weighted by Crippen LogP contribution is 2.20. The molecule has 2 N–H and O–H groups in total. The first kappa shape index (κ1) is 19.6. The number of nitrogens with one attached hydrogen (secondary N) is 2. The maximum Gasteiger partial charge on any atom is 0.269 e. The van der Waals surface area contributed by atoms with Gasteiger partial charge in [-0.15, -0.1) is 0 Å². The fourth-order valence-corrected chi connectivity index (χ4v) is 2.76. The van der Waals surface area contributed by atoms with Crippen LogP contribution in [0.3, 0.4) is 0 Å². The van der Waals surface area contributed by atoms with Crippen molar-refractivity contribution in [2.24, 2.45) is 0 Å². The van der Waals surface area contributed by atoms with Crippen LogP contribution in [0.4, 0.5) is 4.39 Å². The van der Waals surface area contributed by atoms with Crippen LogP contribution in [0.25, 0.3) is 0 Å². The third-order valence-electron chi connectivity index (χ3n) is 4.24. The van der Waals surface area contributed by atoms with Gasteiger partial charge in [-0.05, 0) is 55.8 Å². The topological polar surface area (TPSA) is 76.0 Å². The van der Waals surface area contributed by atoms with E-state index in [1.807, 2.05) is 13.8 Å². The summed E-state index contributed by atoms with van der Waals surface area (Å²) in [6, 6.07) is 11.9. The van der Waals surface area contributed by atoms with Gasteiger partial charge in [-0.1, -0.05) is 23.7 Å². The second kappa shape index (κ2) is 8.22. The number of hydrogen-bond donors (Lipinski definition) is 2. The Kier molecular flexibility index (Phi) is 5.75. The molecule has 0 unspecified atom stereocenters. The second-order valence-electron chi connectivity index (χ2n) is 6.25. The van der Waals surface area contributed by atoms with Crippen LogP contribution in [0, 0.1) is 19.7 Å². The zero-order chi connectivity index (χ0) is 20.3. The van der Waals surface area contributed by atoms with Gasteiger partial charge in [0.25, 0.3) is 11.8 Å². The molecule has 2 amide bonds. The molecule has 0 saturated heterocycles. The smallest absolute Gasteiger partial charge is 0.267 e. The Labute approximate surface area is 166 Å². The molecule has 28 heavy (non-hydrogen) atoms. The number of halogens is 2. The molecule has 3 aromatic rings. The molecule has 1 aromatic heterocycles.